The summed E-state index contributed by atoms with van der Waals surface area (Å²) in [6, 6.07) is 9.59. The zero-order valence-corrected chi connectivity index (χ0v) is 17.5. The van der Waals surface area contributed by atoms with Gasteiger partial charge in [0.05, 0.1) is 11.9 Å². The average molecular weight is 426 g/mol. The fourth-order valence-corrected chi connectivity index (χ4v) is 4.65. The highest BCUT2D eigenvalue weighted by molar-refractivity contribution is 5.91. The number of aliphatic carboxylic acids is 1. The number of hydrogen-bond acceptors (Lipinski definition) is 2. The molecule has 1 heterocycles. The van der Waals surface area contributed by atoms with E-state index >= 15 is 0 Å². The van der Waals surface area contributed by atoms with Gasteiger partial charge in [-0.3, -0.25) is 9.59 Å². The molecule has 0 aliphatic heterocycles. The van der Waals surface area contributed by atoms with Crippen molar-refractivity contribution in [3.63, 3.8) is 0 Å². The van der Waals surface area contributed by atoms with Crippen molar-refractivity contribution in [3.8, 4) is 0 Å². The van der Waals surface area contributed by atoms with Crippen molar-refractivity contribution in [2.75, 3.05) is 11.9 Å². The lowest BCUT2D eigenvalue weighted by Crippen LogP contribution is -2.22. The number of carboxylic acid groups (broad SMARTS) is 1. The number of aromatic nitrogens is 1. The van der Waals surface area contributed by atoms with E-state index in [9.17, 15) is 23.5 Å². The molecule has 31 heavy (non-hydrogen) atoms. The number of benzene rings is 2. The van der Waals surface area contributed by atoms with Gasteiger partial charge in [0.25, 0.3) is 0 Å². The number of fused-ring (bicyclic) bond motifs is 3. The van der Waals surface area contributed by atoms with Crippen LogP contribution >= 0.6 is 0 Å². The molecule has 0 spiro atoms. The molecule has 1 aromatic heterocycles. The molecule has 1 aliphatic carbocycles. The lowest BCUT2D eigenvalue weighted by molar-refractivity contribution is -0.137. The highest BCUT2D eigenvalue weighted by Gasteiger charge is 2.30. The standard InChI is InChI=1S/C24H24F2N2O3/c1-14(29)27(2)18-8-6-15(7-9-18)13-28-23-16(10-22(30)31)4-3-5-19(23)20-11-17(25)12-21(26)24(20)28/h6-9,11-12,16H,3-5,10,13H2,1-2H3,(H,30,31). The molecule has 0 radical (unpaired) electrons. The van der Waals surface area contributed by atoms with Gasteiger partial charge in [0.1, 0.15) is 11.6 Å². The van der Waals surface area contributed by atoms with Crippen LogP contribution in [-0.4, -0.2) is 28.6 Å². The highest BCUT2D eigenvalue weighted by atomic mass is 19.1. The Morgan fingerprint density at radius 2 is 1.90 bits per heavy atom. The molecular weight excluding hydrogens is 402 g/mol. The second-order valence-electron chi connectivity index (χ2n) is 8.17. The first-order valence-corrected chi connectivity index (χ1v) is 10.3. The van der Waals surface area contributed by atoms with Crippen molar-refractivity contribution in [2.24, 2.45) is 0 Å². The first kappa shape index (κ1) is 21.0. The van der Waals surface area contributed by atoms with E-state index in [0.717, 1.165) is 35.0 Å². The van der Waals surface area contributed by atoms with Gasteiger partial charge in [-0.2, -0.15) is 0 Å². The second-order valence-corrected chi connectivity index (χ2v) is 8.17. The maximum atomic E-state index is 14.9. The van der Waals surface area contributed by atoms with Gasteiger partial charge in [-0.15, -0.1) is 0 Å². The van der Waals surface area contributed by atoms with Gasteiger partial charge >= 0.3 is 5.97 Å². The number of aryl methyl sites for hydroxylation is 1. The van der Waals surface area contributed by atoms with Crippen LogP contribution in [0, 0.1) is 11.6 Å². The monoisotopic (exact) mass is 426 g/mol. The SMILES string of the molecule is CC(=O)N(C)c1ccc(Cn2c3c(c4cc(F)cc(F)c42)CCCC3CC(=O)O)cc1. The van der Waals surface area contributed by atoms with Gasteiger partial charge in [0, 0.05) is 49.3 Å². The number of halogens is 2. The van der Waals surface area contributed by atoms with Crippen LogP contribution in [-0.2, 0) is 22.6 Å². The van der Waals surface area contributed by atoms with Crippen LogP contribution in [0.15, 0.2) is 36.4 Å². The lowest BCUT2D eigenvalue weighted by atomic mass is 9.84. The fraction of sp³-hybridized carbons (Fsp3) is 0.333. The van der Waals surface area contributed by atoms with Crippen molar-refractivity contribution in [2.45, 2.75) is 45.1 Å². The average Bonchev–Trinajstić information content (AvgIpc) is 3.02. The molecule has 4 rings (SSSR count). The zero-order valence-electron chi connectivity index (χ0n) is 17.5. The molecule has 1 atom stereocenters. The third-order valence-electron chi connectivity index (χ3n) is 6.15. The number of carbonyl (C=O) groups is 2. The Labute approximate surface area is 178 Å². The first-order chi connectivity index (χ1) is 14.8. The Hall–Kier alpha value is -3.22. The van der Waals surface area contributed by atoms with Crippen molar-refractivity contribution in [1.29, 1.82) is 0 Å². The molecule has 1 N–H and O–H groups in total. The number of amides is 1. The molecule has 1 amide bonds. The van der Waals surface area contributed by atoms with E-state index in [-0.39, 0.29) is 18.2 Å². The van der Waals surface area contributed by atoms with Crippen molar-refractivity contribution in [3.05, 3.63) is 64.9 Å². The summed E-state index contributed by atoms with van der Waals surface area (Å²) in [6.45, 7) is 1.81. The van der Waals surface area contributed by atoms with E-state index in [1.54, 1.807) is 7.05 Å². The Morgan fingerprint density at radius 3 is 2.55 bits per heavy atom. The summed E-state index contributed by atoms with van der Waals surface area (Å²) < 4.78 is 30.8. The number of carboxylic acids is 1. The van der Waals surface area contributed by atoms with Crippen LogP contribution in [0.3, 0.4) is 0 Å². The molecule has 2 aromatic carbocycles. The number of nitrogens with zero attached hydrogens (tertiary/aromatic N) is 2. The Bertz CT molecular complexity index is 1170. The highest BCUT2D eigenvalue weighted by Crippen LogP contribution is 2.41. The van der Waals surface area contributed by atoms with Gasteiger partial charge in [0.2, 0.25) is 5.91 Å². The van der Waals surface area contributed by atoms with E-state index in [2.05, 4.69) is 0 Å². The smallest absolute Gasteiger partial charge is 0.304 e. The molecule has 5 nitrogen and oxygen atoms in total. The molecule has 7 heteroatoms. The van der Waals surface area contributed by atoms with Crippen LogP contribution < -0.4 is 4.90 Å². The van der Waals surface area contributed by atoms with Crippen LogP contribution in [0.2, 0.25) is 0 Å². The van der Waals surface area contributed by atoms with Crippen molar-refractivity contribution >= 4 is 28.5 Å². The molecule has 0 fully saturated rings. The van der Waals surface area contributed by atoms with Crippen LogP contribution in [0.5, 0.6) is 0 Å². The van der Waals surface area contributed by atoms with Crippen LogP contribution in [0.25, 0.3) is 10.9 Å². The van der Waals surface area contributed by atoms with E-state index in [1.807, 2.05) is 28.8 Å². The number of rotatable bonds is 5. The molecule has 1 unspecified atom stereocenters. The fourth-order valence-electron chi connectivity index (χ4n) is 4.65. The predicted molar refractivity (Wildman–Crippen MR) is 114 cm³/mol. The second kappa shape index (κ2) is 8.13. The largest absolute Gasteiger partial charge is 0.481 e. The third-order valence-corrected chi connectivity index (χ3v) is 6.15. The normalized spacial score (nSPS) is 15.7. The molecule has 1 aliphatic rings. The topological polar surface area (TPSA) is 62.5 Å². The minimum atomic E-state index is -0.905. The molecule has 3 aromatic rings. The number of hydrogen-bond donors (Lipinski definition) is 1. The maximum Gasteiger partial charge on any atom is 0.304 e. The van der Waals surface area contributed by atoms with E-state index in [0.29, 0.717) is 30.3 Å². The number of carbonyl (C=O) groups excluding carboxylic acids is 1. The molecule has 0 saturated heterocycles. The summed E-state index contributed by atoms with van der Waals surface area (Å²) in [5, 5.41) is 9.92. The molecule has 162 valence electrons. The molecule has 0 saturated carbocycles. The van der Waals surface area contributed by atoms with Gasteiger partial charge in [-0.25, -0.2) is 8.78 Å². The van der Waals surface area contributed by atoms with Crippen LogP contribution in [0.1, 0.15) is 48.9 Å². The summed E-state index contributed by atoms with van der Waals surface area (Å²) in [6.07, 6.45) is 2.10. The maximum absolute atomic E-state index is 14.9. The van der Waals surface area contributed by atoms with Gasteiger partial charge in [-0.1, -0.05) is 12.1 Å². The lowest BCUT2D eigenvalue weighted by Gasteiger charge is -2.25. The quantitative estimate of drug-likeness (QED) is 0.635. The summed E-state index contributed by atoms with van der Waals surface area (Å²) >= 11 is 0. The predicted octanol–water partition coefficient (Wildman–Crippen LogP) is 4.85. The zero-order chi connectivity index (χ0) is 22.3. The Kier molecular flexibility index (Phi) is 5.52. The van der Waals surface area contributed by atoms with Crippen LogP contribution in [0.4, 0.5) is 14.5 Å². The molecular formula is C24H24F2N2O3. The number of anilines is 1. The summed E-state index contributed by atoms with van der Waals surface area (Å²) in [7, 11) is 1.69. The van der Waals surface area contributed by atoms with E-state index in [1.165, 1.54) is 17.9 Å². The summed E-state index contributed by atoms with van der Waals surface area (Å²) in [5.74, 6) is -2.52. The first-order valence-electron chi connectivity index (χ1n) is 10.3. The van der Waals surface area contributed by atoms with Crippen molar-refractivity contribution in [1.82, 2.24) is 4.57 Å². The summed E-state index contributed by atoms with van der Waals surface area (Å²) in [5.41, 5.74) is 3.57. The van der Waals surface area contributed by atoms with Gasteiger partial charge in [-0.05, 0) is 48.6 Å². The Balaban J connectivity index is 1.83. The van der Waals surface area contributed by atoms with E-state index in [4.69, 9.17) is 0 Å². The minimum absolute atomic E-state index is 0.0459. The third kappa shape index (κ3) is 3.92. The van der Waals surface area contributed by atoms with E-state index < -0.39 is 17.6 Å². The van der Waals surface area contributed by atoms with Crippen molar-refractivity contribution < 1.29 is 23.5 Å². The van der Waals surface area contributed by atoms with Gasteiger partial charge in [0.15, 0.2) is 0 Å². The summed E-state index contributed by atoms with van der Waals surface area (Å²) in [4.78, 5) is 24.6. The molecule has 0 bridgehead atoms. The van der Waals surface area contributed by atoms with Gasteiger partial charge < -0.3 is 14.6 Å². The minimum Gasteiger partial charge on any atom is -0.481 e. The Morgan fingerprint density at radius 1 is 1.19 bits per heavy atom.